The highest BCUT2D eigenvalue weighted by atomic mass is 17.2. The Morgan fingerprint density at radius 1 is 1.20 bits per heavy atom. The number of Topliss-reactive ketones (excluding diaryl/α,β-unsaturated/α-hetero) is 2. The van der Waals surface area contributed by atoms with Crippen molar-refractivity contribution >= 4 is 17.5 Å². The minimum Gasteiger partial charge on any atom is -0.300 e. The molecule has 0 amide bonds. The van der Waals surface area contributed by atoms with Crippen molar-refractivity contribution in [3.05, 3.63) is 12.2 Å². The molecule has 0 N–H and O–H groups in total. The van der Waals surface area contributed by atoms with Crippen molar-refractivity contribution in [2.75, 3.05) is 6.61 Å². The summed E-state index contributed by atoms with van der Waals surface area (Å²) in [6.45, 7) is 6.10. The lowest BCUT2D eigenvalue weighted by atomic mass is 10.2. The molecule has 5 nitrogen and oxygen atoms in total. The van der Waals surface area contributed by atoms with Gasteiger partial charge < -0.3 is 0 Å². The highest BCUT2D eigenvalue weighted by Crippen LogP contribution is 1.96. The molecule has 0 aliphatic heterocycles. The molecule has 0 saturated heterocycles. The second-order valence-electron chi connectivity index (χ2n) is 3.14. The fourth-order valence-electron chi connectivity index (χ4n) is 0.688. The van der Waals surface area contributed by atoms with Gasteiger partial charge >= 0.3 is 5.97 Å². The zero-order valence-corrected chi connectivity index (χ0v) is 8.87. The minimum atomic E-state index is -0.672. The summed E-state index contributed by atoms with van der Waals surface area (Å²) in [5.74, 6) is -1.11. The quantitative estimate of drug-likeness (QED) is 0.208. The van der Waals surface area contributed by atoms with Crippen LogP contribution in [0.25, 0.3) is 0 Å². The van der Waals surface area contributed by atoms with Crippen molar-refractivity contribution in [3.63, 3.8) is 0 Å². The van der Waals surface area contributed by atoms with Gasteiger partial charge in [-0.2, -0.15) is 4.89 Å². The third-order valence-electron chi connectivity index (χ3n) is 1.39. The smallest absolute Gasteiger partial charge is 0.300 e. The topological polar surface area (TPSA) is 69.7 Å². The van der Waals surface area contributed by atoms with Crippen LogP contribution in [0.5, 0.6) is 0 Å². The van der Waals surface area contributed by atoms with Gasteiger partial charge in [0.2, 0.25) is 0 Å². The van der Waals surface area contributed by atoms with Crippen LogP contribution in [0.1, 0.15) is 26.7 Å². The molecule has 15 heavy (non-hydrogen) atoms. The standard InChI is InChI=1S/C10H14O5/c1-7(2)10(13)15-14-5-4-9(12)6-8(3)11/h1,4-6H2,2-3H3. The summed E-state index contributed by atoms with van der Waals surface area (Å²) in [6.07, 6.45) is -0.0686. The predicted molar refractivity (Wildman–Crippen MR) is 51.8 cm³/mol. The molecule has 0 atom stereocenters. The molecule has 0 aromatic heterocycles. The zero-order valence-electron chi connectivity index (χ0n) is 8.87. The summed E-state index contributed by atoms with van der Waals surface area (Å²) in [4.78, 5) is 41.0. The first kappa shape index (κ1) is 13.5. The van der Waals surface area contributed by atoms with E-state index in [2.05, 4.69) is 16.4 Å². The van der Waals surface area contributed by atoms with Crippen molar-refractivity contribution in [2.24, 2.45) is 0 Å². The van der Waals surface area contributed by atoms with Gasteiger partial charge in [0, 0.05) is 12.0 Å². The number of carbonyl (C=O) groups is 3. The molecule has 0 heterocycles. The number of carbonyl (C=O) groups excluding carboxylic acids is 3. The molecular formula is C10H14O5. The predicted octanol–water partition coefficient (Wildman–Crippen LogP) is 0.976. The summed E-state index contributed by atoms with van der Waals surface area (Å²) < 4.78 is 0. The average molecular weight is 214 g/mol. The van der Waals surface area contributed by atoms with Crippen molar-refractivity contribution in [1.29, 1.82) is 0 Å². The van der Waals surface area contributed by atoms with Crippen LogP contribution in [-0.4, -0.2) is 24.1 Å². The molecule has 0 radical (unpaired) electrons. The normalized spacial score (nSPS) is 9.47. The minimum absolute atomic E-state index is 0.0447. The van der Waals surface area contributed by atoms with Gasteiger partial charge in [-0.25, -0.2) is 4.79 Å². The molecule has 0 rings (SSSR count). The van der Waals surface area contributed by atoms with Gasteiger partial charge in [0.1, 0.15) is 18.2 Å². The second-order valence-corrected chi connectivity index (χ2v) is 3.14. The maximum atomic E-state index is 11.0. The molecule has 0 bridgehead atoms. The maximum absolute atomic E-state index is 11.0. The summed E-state index contributed by atoms with van der Waals surface area (Å²) in [7, 11) is 0. The van der Waals surface area contributed by atoms with Crippen molar-refractivity contribution in [2.45, 2.75) is 26.7 Å². The Bertz CT molecular complexity index is 280. The van der Waals surface area contributed by atoms with Gasteiger partial charge in [0.15, 0.2) is 0 Å². The second kappa shape index (κ2) is 6.89. The highest BCUT2D eigenvalue weighted by molar-refractivity contribution is 5.97. The van der Waals surface area contributed by atoms with Crippen molar-refractivity contribution < 1.29 is 24.2 Å². The van der Waals surface area contributed by atoms with E-state index in [1.807, 2.05) is 0 Å². The number of hydrogen-bond acceptors (Lipinski definition) is 5. The van der Waals surface area contributed by atoms with Gasteiger partial charge in [-0.1, -0.05) is 6.58 Å². The van der Waals surface area contributed by atoms with Crippen LogP contribution in [0.2, 0.25) is 0 Å². The number of rotatable bonds is 7. The van der Waals surface area contributed by atoms with Crippen molar-refractivity contribution in [1.82, 2.24) is 0 Å². The Kier molecular flexibility index (Phi) is 6.21. The Balaban J connectivity index is 3.55. The highest BCUT2D eigenvalue weighted by Gasteiger charge is 2.07. The third kappa shape index (κ3) is 7.57. The Morgan fingerprint density at radius 2 is 1.80 bits per heavy atom. The van der Waals surface area contributed by atoms with E-state index in [4.69, 9.17) is 0 Å². The van der Waals surface area contributed by atoms with E-state index in [9.17, 15) is 14.4 Å². The van der Waals surface area contributed by atoms with E-state index in [0.717, 1.165) is 0 Å². The molecule has 0 aliphatic carbocycles. The van der Waals surface area contributed by atoms with Gasteiger partial charge in [0.05, 0.1) is 6.42 Å². The van der Waals surface area contributed by atoms with Gasteiger partial charge in [-0.15, -0.1) is 0 Å². The Morgan fingerprint density at radius 3 is 2.27 bits per heavy atom. The molecule has 0 fully saturated rings. The van der Waals surface area contributed by atoms with Crippen LogP contribution in [0, 0.1) is 0 Å². The van der Waals surface area contributed by atoms with E-state index < -0.39 is 5.97 Å². The van der Waals surface area contributed by atoms with Crippen LogP contribution in [0.4, 0.5) is 0 Å². The summed E-state index contributed by atoms with van der Waals surface area (Å²) >= 11 is 0. The molecular weight excluding hydrogens is 200 g/mol. The van der Waals surface area contributed by atoms with E-state index in [1.54, 1.807) is 0 Å². The van der Waals surface area contributed by atoms with Crippen LogP contribution in [0.15, 0.2) is 12.2 Å². The number of hydrogen-bond donors (Lipinski definition) is 0. The molecule has 0 aromatic rings. The van der Waals surface area contributed by atoms with Gasteiger partial charge in [0.25, 0.3) is 0 Å². The molecule has 0 saturated carbocycles. The van der Waals surface area contributed by atoms with E-state index in [0.29, 0.717) is 0 Å². The van der Waals surface area contributed by atoms with E-state index in [-0.39, 0.29) is 36.6 Å². The summed E-state index contributed by atoms with van der Waals surface area (Å²) in [5, 5.41) is 0. The lowest BCUT2D eigenvalue weighted by molar-refractivity contribution is -0.267. The summed E-state index contributed by atoms with van der Waals surface area (Å²) in [6, 6.07) is 0. The first-order chi connectivity index (χ1) is 6.93. The maximum Gasteiger partial charge on any atom is 0.368 e. The molecule has 0 aliphatic rings. The van der Waals surface area contributed by atoms with E-state index in [1.165, 1.54) is 13.8 Å². The molecule has 0 unspecified atom stereocenters. The van der Waals surface area contributed by atoms with Crippen LogP contribution in [0.3, 0.4) is 0 Å². The zero-order chi connectivity index (χ0) is 11.8. The largest absolute Gasteiger partial charge is 0.368 e. The SMILES string of the molecule is C=C(C)C(=O)OOCCC(=O)CC(C)=O. The van der Waals surface area contributed by atoms with Crippen LogP contribution >= 0.6 is 0 Å². The monoisotopic (exact) mass is 214 g/mol. The molecule has 84 valence electrons. The van der Waals surface area contributed by atoms with Crippen LogP contribution < -0.4 is 0 Å². The average Bonchev–Trinajstić information content (AvgIpc) is 2.10. The van der Waals surface area contributed by atoms with E-state index >= 15 is 0 Å². The summed E-state index contributed by atoms with van der Waals surface area (Å²) in [5.41, 5.74) is 0.213. The molecule has 5 heteroatoms. The first-order valence-electron chi connectivity index (χ1n) is 4.44. The Labute approximate surface area is 88.0 Å². The fourth-order valence-corrected chi connectivity index (χ4v) is 0.688. The van der Waals surface area contributed by atoms with Gasteiger partial charge in [-0.05, 0) is 13.8 Å². The molecule has 0 aromatic carbocycles. The fraction of sp³-hybridized carbons (Fsp3) is 0.500. The third-order valence-corrected chi connectivity index (χ3v) is 1.39. The lowest BCUT2D eigenvalue weighted by Crippen LogP contribution is -2.11. The molecule has 0 spiro atoms. The van der Waals surface area contributed by atoms with Crippen LogP contribution in [-0.2, 0) is 24.2 Å². The van der Waals surface area contributed by atoms with Gasteiger partial charge in [-0.3, -0.25) is 14.5 Å². The van der Waals surface area contributed by atoms with Crippen molar-refractivity contribution in [3.8, 4) is 0 Å². The first-order valence-corrected chi connectivity index (χ1v) is 4.44. The Hall–Kier alpha value is -1.49. The lowest BCUT2D eigenvalue weighted by Gasteiger charge is -2.01. The number of ketones is 2.